The number of ether oxygens (including phenoxy) is 2. The maximum Gasteiger partial charge on any atom is 0.234 e. The summed E-state index contributed by atoms with van der Waals surface area (Å²) < 4.78 is 24.3. The zero-order chi connectivity index (χ0) is 20.1. The lowest BCUT2D eigenvalue weighted by molar-refractivity contribution is -0.123. The summed E-state index contributed by atoms with van der Waals surface area (Å²) in [7, 11) is 1.90. The van der Waals surface area contributed by atoms with E-state index >= 15 is 0 Å². The van der Waals surface area contributed by atoms with E-state index in [4.69, 9.17) is 9.47 Å². The molecule has 0 saturated carbocycles. The molecule has 0 aromatic heterocycles. The fraction of sp³-hybridized carbons (Fsp3) is 0.409. The normalized spacial score (nSPS) is 14.2. The molecule has 1 aliphatic rings. The molecule has 0 bridgehead atoms. The molecule has 1 heterocycles. The van der Waals surface area contributed by atoms with Crippen LogP contribution in [0.3, 0.4) is 0 Å². The van der Waals surface area contributed by atoms with Crippen LogP contribution in [0.4, 0.5) is 4.39 Å². The number of hydrogen-bond donors (Lipinski definition) is 1. The monoisotopic (exact) mass is 386 g/mol. The number of benzene rings is 2. The van der Waals surface area contributed by atoms with Gasteiger partial charge in [-0.2, -0.15) is 0 Å². The van der Waals surface area contributed by atoms with Crippen LogP contribution in [0.5, 0.6) is 11.5 Å². The van der Waals surface area contributed by atoms with Gasteiger partial charge in [0.15, 0.2) is 11.5 Å². The van der Waals surface area contributed by atoms with E-state index in [-0.39, 0.29) is 30.2 Å². The van der Waals surface area contributed by atoms with Crippen molar-refractivity contribution in [3.63, 3.8) is 0 Å². The summed E-state index contributed by atoms with van der Waals surface area (Å²) in [5.41, 5.74) is 1.96. The largest absolute Gasteiger partial charge is 0.486 e. The molecule has 1 aliphatic heterocycles. The minimum absolute atomic E-state index is 0.0666. The summed E-state index contributed by atoms with van der Waals surface area (Å²) in [6.07, 6.45) is 0. The first-order chi connectivity index (χ1) is 13.4. The molecule has 28 heavy (non-hydrogen) atoms. The molecular weight excluding hydrogens is 359 g/mol. The van der Waals surface area contributed by atoms with E-state index in [9.17, 15) is 9.18 Å². The highest BCUT2D eigenvalue weighted by Gasteiger charge is 2.19. The van der Waals surface area contributed by atoms with Crippen LogP contribution in [0.15, 0.2) is 42.5 Å². The first-order valence-corrected chi connectivity index (χ1v) is 9.54. The van der Waals surface area contributed by atoms with Crippen LogP contribution < -0.4 is 14.8 Å². The van der Waals surface area contributed by atoms with E-state index in [0.717, 1.165) is 22.6 Å². The van der Waals surface area contributed by atoms with Crippen LogP contribution in [0.2, 0.25) is 0 Å². The van der Waals surface area contributed by atoms with E-state index in [1.54, 1.807) is 12.1 Å². The molecular formula is C22H27FN2O3. The molecule has 0 radical (unpaired) electrons. The summed E-state index contributed by atoms with van der Waals surface area (Å²) >= 11 is 0. The van der Waals surface area contributed by atoms with Crippen molar-refractivity contribution in [2.75, 3.05) is 26.8 Å². The molecule has 1 amide bonds. The van der Waals surface area contributed by atoms with Crippen molar-refractivity contribution < 1.29 is 18.7 Å². The molecule has 6 heteroatoms. The number of amides is 1. The van der Waals surface area contributed by atoms with Gasteiger partial charge in [0.05, 0.1) is 12.6 Å². The van der Waals surface area contributed by atoms with Gasteiger partial charge in [0.1, 0.15) is 19.0 Å². The Labute approximate surface area is 165 Å². The molecule has 5 nitrogen and oxygen atoms in total. The van der Waals surface area contributed by atoms with E-state index in [0.29, 0.717) is 19.8 Å². The van der Waals surface area contributed by atoms with E-state index in [1.165, 1.54) is 12.1 Å². The molecule has 1 N–H and O–H groups in total. The highest BCUT2D eigenvalue weighted by atomic mass is 19.1. The highest BCUT2D eigenvalue weighted by molar-refractivity contribution is 5.78. The number of fused-ring (bicyclic) bond motifs is 1. The first kappa shape index (κ1) is 20.1. The van der Waals surface area contributed by atoms with Crippen LogP contribution in [0.25, 0.3) is 0 Å². The number of nitrogens with one attached hydrogen (secondary N) is 1. The number of carbonyl (C=O) groups is 1. The van der Waals surface area contributed by atoms with Gasteiger partial charge in [0.2, 0.25) is 5.91 Å². The third-order valence-electron chi connectivity index (χ3n) is 4.68. The second kappa shape index (κ2) is 9.06. The van der Waals surface area contributed by atoms with Gasteiger partial charge in [0.25, 0.3) is 0 Å². The third-order valence-corrected chi connectivity index (χ3v) is 4.68. The molecule has 0 aliphatic carbocycles. The minimum Gasteiger partial charge on any atom is -0.486 e. The van der Waals surface area contributed by atoms with Gasteiger partial charge in [-0.3, -0.25) is 9.69 Å². The molecule has 2 aromatic rings. The average molecular weight is 386 g/mol. The van der Waals surface area contributed by atoms with E-state index in [2.05, 4.69) is 5.32 Å². The zero-order valence-electron chi connectivity index (χ0n) is 16.6. The Morgan fingerprint density at radius 2 is 1.79 bits per heavy atom. The van der Waals surface area contributed by atoms with Gasteiger partial charge in [-0.15, -0.1) is 0 Å². The van der Waals surface area contributed by atoms with Crippen LogP contribution >= 0.6 is 0 Å². The van der Waals surface area contributed by atoms with Gasteiger partial charge < -0.3 is 14.8 Å². The maximum atomic E-state index is 13.2. The van der Waals surface area contributed by atoms with E-state index in [1.807, 2.05) is 44.0 Å². The number of likely N-dealkylation sites (N-methyl/N-ethyl adjacent to an activating group) is 1. The minimum atomic E-state index is -0.281. The predicted octanol–water partition coefficient (Wildman–Crippen LogP) is 3.54. The van der Waals surface area contributed by atoms with Crippen LogP contribution in [-0.2, 0) is 11.3 Å². The van der Waals surface area contributed by atoms with Crippen LogP contribution in [-0.4, -0.2) is 37.6 Å². The number of carbonyl (C=O) groups excluding carboxylic acids is 1. The molecule has 0 saturated heterocycles. The Kier molecular flexibility index (Phi) is 6.52. The van der Waals surface area contributed by atoms with Crippen molar-refractivity contribution in [2.45, 2.75) is 26.4 Å². The second-order valence-corrected chi connectivity index (χ2v) is 7.49. The van der Waals surface area contributed by atoms with Gasteiger partial charge in [-0.1, -0.05) is 32.0 Å². The van der Waals surface area contributed by atoms with Crippen molar-refractivity contribution in [2.24, 2.45) is 5.92 Å². The Morgan fingerprint density at radius 1 is 1.11 bits per heavy atom. The number of rotatable bonds is 7. The SMILES string of the molecule is CC(C)C(NC(=O)CN(C)Cc1ccc2c(c1)OCCO2)c1ccc(F)cc1. The lowest BCUT2D eigenvalue weighted by atomic mass is 9.96. The van der Waals surface area contributed by atoms with Gasteiger partial charge in [0, 0.05) is 6.54 Å². The molecule has 1 unspecified atom stereocenters. The summed E-state index contributed by atoms with van der Waals surface area (Å²) in [6, 6.07) is 12.0. The number of hydrogen-bond acceptors (Lipinski definition) is 4. The fourth-order valence-electron chi connectivity index (χ4n) is 3.32. The van der Waals surface area contributed by atoms with Crippen LogP contribution in [0, 0.1) is 11.7 Å². The predicted molar refractivity (Wildman–Crippen MR) is 106 cm³/mol. The molecule has 0 spiro atoms. The van der Waals surface area contributed by atoms with E-state index < -0.39 is 0 Å². The van der Waals surface area contributed by atoms with Gasteiger partial charge in [-0.05, 0) is 48.4 Å². The van der Waals surface area contributed by atoms with Crippen molar-refractivity contribution in [3.05, 3.63) is 59.4 Å². The van der Waals surface area contributed by atoms with Crippen molar-refractivity contribution in [1.29, 1.82) is 0 Å². The quantitative estimate of drug-likeness (QED) is 0.791. The van der Waals surface area contributed by atoms with Crippen molar-refractivity contribution in [3.8, 4) is 11.5 Å². The summed E-state index contributed by atoms with van der Waals surface area (Å²) in [6.45, 7) is 6.07. The second-order valence-electron chi connectivity index (χ2n) is 7.49. The van der Waals surface area contributed by atoms with Crippen molar-refractivity contribution in [1.82, 2.24) is 10.2 Å². The average Bonchev–Trinajstić information content (AvgIpc) is 2.66. The standard InChI is InChI=1S/C22H27FN2O3/c1-15(2)22(17-5-7-18(23)8-6-17)24-21(26)14-25(3)13-16-4-9-19-20(12-16)28-11-10-27-19/h4-9,12,15,22H,10-11,13-14H2,1-3H3,(H,24,26). The highest BCUT2D eigenvalue weighted by Crippen LogP contribution is 2.31. The topological polar surface area (TPSA) is 50.8 Å². The Hall–Kier alpha value is -2.60. The van der Waals surface area contributed by atoms with Gasteiger partial charge >= 0.3 is 0 Å². The smallest absolute Gasteiger partial charge is 0.234 e. The fourth-order valence-corrected chi connectivity index (χ4v) is 3.32. The molecule has 0 fully saturated rings. The van der Waals surface area contributed by atoms with Gasteiger partial charge in [-0.25, -0.2) is 4.39 Å². The lowest BCUT2D eigenvalue weighted by Crippen LogP contribution is -2.38. The Morgan fingerprint density at radius 3 is 2.46 bits per heavy atom. The van der Waals surface area contributed by atoms with Crippen LogP contribution in [0.1, 0.15) is 31.0 Å². The molecule has 3 rings (SSSR count). The molecule has 150 valence electrons. The Bertz CT molecular complexity index is 808. The molecule has 2 aromatic carbocycles. The lowest BCUT2D eigenvalue weighted by Gasteiger charge is -2.25. The summed E-state index contributed by atoms with van der Waals surface area (Å²) in [5, 5.41) is 3.07. The first-order valence-electron chi connectivity index (χ1n) is 9.54. The third kappa shape index (κ3) is 5.23. The number of nitrogens with zero attached hydrogens (tertiary/aromatic N) is 1. The Balaban J connectivity index is 1.57. The zero-order valence-corrected chi connectivity index (χ0v) is 16.6. The maximum absolute atomic E-state index is 13.2. The number of halogens is 1. The summed E-state index contributed by atoms with van der Waals surface area (Å²) in [4.78, 5) is 14.5. The summed E-state index contributed by atoms with van der Waals surface area (Å²) in [5.74, 6) is 1.35. The molecule has 1 atom stereocenters. The van der Waals surface area contributed by atoms with Crippen molar-refractivity contribution >= 4 is 5.91 Å².